The van der Waals surface area contributed by atoms with Crippen LogP contribution in [-0.4, -0.2) is 41.2 Å². The predicted octanol–water partition coefficient (Wildman–Crippen LogP) is 4.93. The number of ether oxygens (including phenoxy) is 2. The number of benzene rings is 1. The van der Waals surface area contributed by atoms with Crippen LogP contribution in [0.4, 0.5) is 10.5 Å². The quantitative estimate of drug-likeness (QED) is 0.724. The lowest BCUT2D eigenvalue weighted by atomic mass is 9.82. The van der Waals surface area contributed by atoms with Crippen LogP contribution in [0.15, 0.2) is 18.2 Å². The number of carbonyl (C=O) groups is 2. The van der Waals surface area contributed by atoms with Gasteiger partial charge >= 0.3 is 6.09 Å². The van der Waals surface area contributed by atoms with Crippen LogP contribution in [0.2, 0.25) is 0 Å². The van der Waals surface area contributed by atoms with Gasteiger partial charge in [-0.05, 0) is 84.9 Å². The Kier molecular flexibility index (Phi) is 6.96. The van der Waals surface area contributed by atoms with Gasteiger partial charge in [0.05, 0.1) is 11.8 Å². The zero-order valence-corrected chi connectivity index (χ0v) is 18.1. The number of hydrogen-bond acceptors (Lipinski definition) is 4. The number of hydrogen-bond donors (Lipinski definition) is 1. The lowest BCUT2D eigenvalue weighted by Crippen LogP contribution is -2.51. The monoisotopic (exact) mass is 390 g/mol. The highest BCUT2D eigenvalue weighted by Crippen LogP contribution is 2.38. The van der Waals surface area contributed by atoms with E-state index in [9.17, 15) is 9.59 Å². The van der Waals surface area contributed by atoms with Gasteiger partial charge in [0.15, 0.2) is 0 Å². The van der Waals surface area contributed by atoms with Crippen molar-refractivity contribution in [1.82, 2.24) is 4.90 Å². The Labute approximate surface area is 168 Å². The molecule has 6 heteroatoms. The Morgan fingerprint density at radius 2 is 1.82 bits per heavy atom. The van der Waals surface area contributed by atoms with E-state index in [1.165, 1.54) is 0 Å². The second-order valence-corrected chi connectivity index (χ2v) is 8.94. The summed E-state index contributed by atoms with van der Waals surface area (Å²) in [6, 6.07) is 6.08. The molecule has 1 N–H and O–H groups in total. The summed E-state index contributed by atoms with van der Waals surface area (Å²) in [5.41, 5.74) is 1.33. The predicted molar refractivity (Wildman–Crippen MR) is 111 cm³/mol. The molecule has 28 heavy (non-hydrogen) atoms. The Morgan fingerprint density at radius 3 is 2.32 bits per heavy atom. The van der Waals surface area contributed by atoms with Crippen molar-refractivity contribution in [3.63, 3.8) is 0 Å². The second-order valence-electron chi connectivity index (χ2n) is 8.94. The molecule has 0 aromatic heterocycles. The van der Waals surface area contributed by atoms with Crippen LogP contribution in [0.3, 0.4) is 0 Å². The van der Waals surface area contributed by atoms with Crippen molar-refractivity contribution in [1.29, 1.82) is 0 Å². The van der Waals surface area contributed by atoms with Crippen molar-refractivity contribution in [2.24, 2.45) is 0 Å². The fourth-order valence-electron chi connectivity index (χ4n) is 3.86. The van der Waals surface area contributed by atoms with Gasteiger partial charge in [0.25, 0.3) is 0 Å². The molecule has 1 aromatic carbocycles. The minimum atomic E-state index is -0.502. The van der Waals surface area contributed by atoms with Crippen LogP contribution in [0, 0.1) is 0 Å². The van der Waals surface area contributed by atoms with E-state index >= 15 is 0 Å². The van der Waals surface area contributed by atoms with Gasteiger partial charge in [-0.1, -0.05) is 6.07 Å². The highest BCUT2D eigenvalue weighted by Gasteiger charge is 2.37. The fraction of sp³-hybridized carbons (Fsp3) is 0.636. The van der Waals surface area contributed by atoms with Crippen molar-refractivity contribution in [2.45, 2.75) is 91.0 Å². The first-order chi connectivity index (χ1) is 13.0. The largest absolute Gasteiger partial charge is 0.489 e. The van der Waals surface area contributed by atoms with E-state index in [4.69, 9.17) is 9.47 Å². The molecular weight excluding hydrogens is 356 g/mol. The van der Waals surface area contributed by atoms with Gasteiger partial charge in [-0.2, -0.15) is 0 Å². The zero-order chi connectivity index (χ0) is 21.1. The van der Waals surface area contributed by atoms with Crippen LogP contribution >= 0.6 is 0 Å². The SMILES string of the molecule is CC(C)Oc1cc(C2C[C@@H](C)N(C(=O)OC(C)(C)C)[C@@H](C)C2)ccc1NC=O. The normalized spacial score (nSPS) is 22.7. The highest BCUT2D eigenvalue weighted by molar-refractivity contribution is 5.75. The maximum absolute atomic E-state index is 12.6. The molecule has 0 spiro atoms. The van der Waals surface area contributed by atoms with Crippen molar-refractivity contribution < 1.29 is 19.1 Å². The molecule has 2 amide bonds. The van der Waals surface area contributed by atoms with E-state index < -0.39 is 5.60 Å². The van der Waals surface area contributed by atoms with Gasteiger partial charge in [-0.3, -0.25) is 4.79 Å². The molecule has 2 rings (SSSR count). The van der Waals surface area contributed by atoms with E-state index in [0.717, 1.165) is 18.4 Å². The number of amides is 2. The first-order valence-corrected chi connectivity index (χ1v) is 10.0. The molecule has 156 valence electrons. The van der Waals surface area contributed by atoms with Gasteiger partial charge < -0.3 is 19.7 Å². The van der Waals surface area contributed by atoms with Gasteiger partial charge in [0, 0.05) is 12.1 Å². The molecule has 0 radical (unpaired) electrons. The van der Waals surface area contributed by atoms with Crippen molar-refractivity contribution >= 4 is 18.2 Å². The van der Waals surface area contributed by atoms with Crippen LogP contribution in [-0.2, 0) is 9.53 Å². The third-order valence-corrected chi connectivity index (χ3v) is 4.86. The van der Waals surface area contributed by atoms with E-state index in [1.54, 1.807) is 0 Å². The molecule has 1 aromatic rings. The fourth-order valence-corrected chi connectivity index (χ4v) is 3.86. The molecule has 6 nitrogen and oxygen atoms in total. The first-order valence-electron chi connectivity index (χ1n) is 10.0. The third kappa shape index (κ3) is 5.63. The maximum atomic E-state index is 12.6. The minimum absolute atomic E-state index is 0.00863. The van der Waals surface area contributed by atoms with Crippen LogP contribution in [0.25, 0.3) is 0 Å². The maximum Gasteiger partial charge on any atom is 0.410 e. The number of nitrogens with one attached hydrogen (secondary N) is 1. The Balaban J connectivity index is 2.19. The number of likely N-dealkylation sites (tertiary alicyclic amines) is 1. The Hall–Kier alpha value is -2.24. The zero-order valence-electron chi connectivity index (χ0n) is 18.1. The number of nitrogens with zero attached hydrogens (tertiary/aromatic N) is 1. The smallest absolute Gasteiger partial charge is 0.410 e. The van der Waals surface area contributed by atoms with Crippen molar-refractivity contribution in [3.8, 4) is 5.75 Å². The van der Waals surface area contributed by atoms with Crippen LogP contribution in [0.5, 0.6) is 5.75 Å². The summed E-state index contributed by atoms with van der Waals surface area (Å²) < 4.78 is 11.5. The molecule has 1 aliphatic heterocycles. The standard InChI is InChI=1S/C22H34N2O4/c1-14(2)27-20-12-17(8-9-19(20)23-13-25)18-10-15(3)24(16(4)11-18)21(26)28-22(5,6)7/h8-9,12-16,18H,10-11H2,1-7H3,(H,23,25)/t15-,16+,18?. The summed E-state index contributed by atoms with van der Waals surface area (Å²) in [7, 11) is 0. The molecule has 1 aliphatic rings. The molecule has 0 saturated carbocycles. The summed E-state index contributed by atoms with van der Waals surface area (Å²) >= 11 is 0. The molecule has 1 saturated heterocycles. The number of rotatable bonds is 5. The van der Waals surface area contributed by atoms with Gasteiger partial charge in [-0.15, -0.1) is 0 Å². The average molecular weight is 391 g/mol. The van der Waals surface area contributed by atoms with E-state index in [1.807, 2.05) is 57.7 Å². The summed E-state index contributed by atoms with van der Waals surface area (Å²) in [6.45, 7) is 13.7. The van der Waals surface area contributed by atoms with Gasteiger partial charge in [-0.25, -0.2) is 4.79 Å². The van der Waals surface area contributed by atoms with Gasteiger partial charge in [0.2, 0.25) is 6.41 Å². The molecule has 1 heterocycles. The average Bonchev–Trinajstić information content (AvgIpc) is 2.53. The lowest BCUT2D eigenvalue weighted by Gasteiger charge is -2.43. The molecule has 1 unspecified atom stereocenters. The minimum Gasteiger partial charge on any atom is -0.489 e. The lowest BCUT2D eigenvalue weighted by molar-refractivity contribution is -0.105. The Morgan fingerprint density at radius 1 is 1.21 bits per heavy atom. The number of anilines is 1. The van der Waals surface area contributed by atoms with Gasteiger partial charge in [0.1, 0.15) is 11.4 Å². The number of piperidine rings is 1. The van der Waals surface area contributed by atoms with Crippen molar-refractivity contribution in [3.05, 3.63) is 23.8 Å². The molecule has 0 aliphatic carbocycles. The molecular formula is C22H34N2O4. The van der Waals surface area contributed by atoms with Crippen LogP contribution in [0.1, 0.15) is 72.8 Å². The van der Waals surface area contributed by atoms with E-state index in [2.05, 4.69) is 19.2 Å². The van der Waals surface area contributed by atoms with E-state index in [0.29, 0.717) is 23.8 Å². The van der Waals surface area contributed by atoms with E-state index in [-0.39, 0.29) is 24.3 Å². The highest BCUT2D eigenvalue weighted by atomic mass is 16.6. The summed E-state index contributed by atoms with van der Waals surface area (Å²) in [5.74, 6) is 0.984. The Bertz CT molecular complexity index is 684. The molecule has 0 bridgehead atoms. The first kappa shape index (κ1) is 22.1. The topological polar surface area (TPSA) is 67.9 Å². The van der Waals surface area contributed by atoms with Crippen molar-refractivity contribution in [2.75, 3.05) is 5.32 Å². The molecule has 3 atom stereocenters. The summed E-state index contributed by atoms with van der Waals surface area (Å²) in [6.07, 6.45) is 2.12. The molecule has 1 fully saturated rings. The second kappa shape index (κ2) is 8.84. The number of carbonyl (C=O) groups excluding carboxylic acids is 2. The summed E-state index contributed by atoms with van der Waals surface area (Å²) in [4.78, 5) is 25.3. The third-order valence-electron chi connectivity index (χ3n) is 4.86. The summed E-state index contributed by atoms with van der Waals surface area (Å²) in [5, 5.41) is 2.70. The van der Waals surface area contributed by atoms with Crippen LogP contribution < -0.4 is 10.1 Å².